The maximum absolute atomic E-state index is 12.2. The van der Waals surface area contributed by atoms with Gasteiger partial charge in [-0.3, -0.25) is 5.43 Å². The summed E-state index contributed by atoms with van der Waals surface area (Å²) in [5.41, 5.74) is 3.29. The maximum atomic E-state index is 12.2. The van der Waals surface area contributed by atoms with Crippen molar-refractivity contribution in [3.63, 3.8) is 0 Å². The Bertz CT molecular complexity index is 965. The Labute approximate surface area is 225 Å². The third kappa shape index (κ3) is 14.2. The summed E-state index contributed by atoms with van der Waals surface area (Å²) in [6.07, 6.45) is 21.4. The monoisotopic (exact) mass is 529 g/mol. The number of sulfonamides is 1. The first-order valence-electron chi connectivity index (χ1n) is 14.3. The lowest BCUT2D eigenvalue weighted by Gasteiger charge is -2.10. The van der Waals surface area contributed by atoms with Crippen molar-refractivity contribution < 1.29 is 13.2 Å². The van der Waals surface area contributed by atoms with Gasteiger partial charge in [-0.1, -0.05) is 139 Å². The van der Waals surface area contributed by atoms with E-state index in [-0.39, 0.29) is 4.90 Å². The molecule has 0 atom stereocenters. The first kappa shape index (κ1) is 30.8. The highest BCUT2D eigenvalue weighted by atomic mass is 32.2. The van der Waals surface area contributed by atoms with Gasteiger partial charge in [-0.25, -0.2) is 0 Å². The molecule has 0 aliphatic carbocycles. The van der Waals surface area contributed by atoms with Crippen molar-refractivity contribution in [3.8, 4) is 5.75 Å². The molecule has 0 aliphatic heterocycles. The number of unbranched alkanes of at least 4 members (excludes halogenated alkanes) is 15. The van der Waals surface area contributed by atoms with E-state index in [9.17, 15) is 8.42 Å². The predicted molar refractivity (Wildman–Crippen MR) is 154 cm³/mol. The summed E-state index contributed by atoms with van der Waals surface area (Å²) in [6.45, 7) is 2.90. The van der Waals surface area contributed by atoms with E-state index in [1.54, 1.807) is 24.3 Å². The van der Waals surface area contributed by atoms with Crippen LogP contribution >= 0.6 is 0 Å². The fraction of sp³-hybridized carbons (Fsp3) is 0.600. The zero-order chi connectivity index (χ0) is 26.4. The molecular weight excluding hydrogens is 482 g/mol. The molecule has 37 heavy (non-hydrogen) atoms. The molecule has 0 unspecified atom stereocenters. The van der Waals surface area contributed by atoms with Crippen LogP contribution in [-0.2, 0) is 10.0 Å². The molecule has 1 N–H and O–H groups in total. The number of rotatable bonds is 22. The van der Waals surface area contributed by atoms with Gasteiger partial charge in [0.1, 0.15) is 5.75 Å². The van der Waals surface area contributed by atoms with Crippen LogP contribution < -0.4 is 10.2 Å². The SMILES string of the molecule is CCCCCCCCCCCCCCCCCCOc1ccccc1N/N=N/S(=O)(=O)c1ccccc1. The Morgan fingerprint density at radius 3 is 1.70 bits per heavy atom. The van der Waals surface area contributed by atoms with E-state index >= 15 is 0 Å². The van der Waals surface area contributed by atoms with Crippen LogP contribution in [0, 0.1) is 0 Å². The summed E-state index contributed by atoms with van der Waals surface area (Å²) in [5, 5.41) is 3.68. The van der Waals surface area contributed by atoms with Crippen LogP contribution in [0.3, 0.4) is 0 Å². The summed E-state index contributed by atoms with van der Waals surface area (Å²) in [4.78, 5) is 0.105. The van der Waals surface area contributed by atoms with Gasteiger partial charge in [0.05, 0.1) is 17.2 Å². The van der Waals surface area contributed by atoms with Crippen LogP contribution in [0.2, 0.25) is 0 Å². The Hall–Kier alpha value is -2.41. The highest BCUT2D eigenvalue weighted by molar-refractivity contribution is 7.90. The van der Waals surface area contributed by atoms with Crippen LogP contribution in [0.4, 0.5) is 5.69 Å². The van der Waals surface area contributed by atoms with Crippen molar-refractivity contribution in [3.05, 3.63) is 54.6 Å². The minimum absolute atomic E-state index is 0.105. The van der Waals surface area contributed by atoms with E-state index in [1.807, 2.05) is 18.2 Å². The minimum atomic E-state index is -3.83. The van der Waals surface area contributed by atoms with Crippen molar-refractivity contribution >= 4 is 15.7 Å². The first-order chi connectivity index (χ1) is 18.1. The van der Waals surface area contributed by atoms with Gasteiger partial charge in [-0.2, -0.15) is 8.42 Å². The number of hydrogen-bond acceptors (Lipinski definition) is 4. The van der Waals surface area contributed by atoms with Crippen LogP contribution in [0.15, 0.2) is 69.2 Å². The second-order valence-electron chi connectivity index (χ2n) is 9.73. The van der Waals surface area contributed by atoms with Gasteiger partial charge in [0.2, 0.25) is 0 Å². The molecule has 0 spiro atoms. The topological polar surface area (TPSA) is 80.1 Å². The summed E-state index contributed by atoms with van der Waals surface area (Å²) >= 11 is 0. The van der Waals surface area contributed by atoms with Crippen LogP contribution in [0.5, 0.6) is 5.75 Å². The third-order valence-electron chi connectivity index (χ3n) is 6.50. The molecule has 0 aromatic heterocycles. The standard InChI is InChI=1S/C30H47N3O3S/c1-2-3-4-5-6-7-8-9-10-11-12-13-14-15-16-22-27-36-30-26-21-20-25-29(30)31-32-33-37(34,35)28-23-18-17-19-24-28/h17-21,23-26H,2-16,22,27H2,1H3,(H,31,33). The van der Waals surface area contributed by atoms with Crippen molar-refractivity contribution in [2.75, 3.05) is 12.0 Å². The molecule has 0 radical (unpaired) electrons. The van der Waals surface area contributed by atoms with Crippen LogP contribution in [0.25, 0.3) is 0 Å². The van der Waals surface area contributed by atoms with E-state index < -0.39 is 10.0 Å². The van der Waals surface area contributed by atoms with Gasteiger partial charge < -0.3 is 4.74 Å². The predicted octanol–water partition coefficient (Wildman–Crippen LogP) is 9.49. The van der Waals surface area contributed by atoms with E-state index in [2.05, 4.69) is 22.1 Å². The molecule has 0 fully saturated rings. The first-order valence-corrected chi connectivity index (χ1v) is 15.8. The second-order valence-corrected chi connectivity index (χ2v) is 11.3. The van der Waals surface area contributed by atoms with Crippen molar-refractivity contribution in [1.29, 1.82) is 0 Å². The highest BCUT2D eigenvalue weighted by Crippen LogP contribution is 2.24. The van der Waals surface area contributed by atoms with Crippen LogP contribution in [0.1, 0.15) is 110 Å². The van der Waals surface area contributed by atoms with Crippen molar-refractivity contribution in [1.82, 2.24) is 0 Å². The molecule has 6 nitrogen and oxygen atoms in total. The van der Waals surface area contributed by atoms with Gasteiger partial charge in [-0.15, -0.1) is 0 Å². The van der Waals surface area contributed by atoms with Gasteiger partial charge in [-0.05, 0) is 35.2 Å². The molecule has 0 aliphatic rings. The van der Waals surface area contributed by atoms with Gasteiger partial charge in [0, 0.05) is 0 Å². The number of nitrogens with one attached hydrogen (secondary N) is 1. The Balaban J connectivity index is 1.50. The molecule has 206 valence electrons. The average Bonchev–Trinajstić information content (AvgIpc) is 2.91. The lowest BCUT2D eigenvalue weighted by molar-refractivity contribution is 0.305. The van der Waals surface area contributed by atoms with Gasteiger partial charge in [0.25, 0.3) is 0 Å². The zero-order valence-corrected chi connectivity index (χ0v) is 23.6. The maximum Gasteiger partial charge on any atom is 0.301 e. The summed E-state index contributed by atoms with van der Waals surface area (Å²) in [5.74, 6) is 0.638. The number of benzene rings is 2. The number of anilines is 1. The molecule has 0 amide bonds. The summed E-state index contributed by atoms with van der Waals surface area (Å²) in [7, 11) is -3.83. The highest BCUT2D eigenvalue weighted by Gasteiger charge is 2.12. The van der Waals surface area contributed by atoms with E-state index in [1.165, 1.54) is 102 Å². The van der Waals surface area contributed by atoms with E-state index in [0.29, 0.717) is 18.0 Å². The minimum Gasteiger partial charge on any atom is -0.491 e. The largest absolute Gasteiger partial charge is 0.491 e. The normalized spacial score (nSPS) is 11.7. The molecule has 7 heteroatoms. The molecular formula is C30H47N3O3S. The van der Waals surface area contributed by atoms with Crippen LogP contribution in [-0.4, -0.2) is 15.0 Å². The number of ether oxygens (including phenoxy) is 1. The molecule has 2 aromatic rings. The molecule has 0 saturated carbocycles. The molecule has 2 rings (SSSR count). The Morgan fingerprint density at radius 1 is 0.649 bits per heavy atom. The third-order valence-corrected chi connectivity index (χ3v) is 7.67. The quantitative estimate of drug-likeness (QED) is 0.0935. The van der Waals surface area contributed by atoms with Crippen molar-refractivity contribution in [2.45, 2.75) is 115 Å². The Kier molecular flexibility index (Phi) is 16.4. The molecule has 2 aromatic carbocycles. The van der Waals surface area contributed by atoms with Gasteiger partial charge >= 0.3 is 10.0 Å². The fourth-order valence-corrected chi connectivity index (χ4v) is 5.03. The lowest BCUT2D eigenvalue weighted by atomic mass is 10.0. The number of nitrogens with zero attached hydrogens (tertiary/aromatic N) is 2. The number of para-hydroxylation sites is 2. The van der Waals surface area contributed by atoms with Gasteiger partial charge in [0.15, 0.2) is 0 Å². The van der Waals surface area contributed by atoms with E-state index in [4.69, 9.17) is 4.74 Å². The summed E-state index contributed by atoms with van der Waals surface area (Å²) in [6, 6.07) is 15.4. The average molecular weight is 530 g/mol. The lowest BCUT2D eigenvalue weighted by Crippen LogP contribution is -2.01. The second kappa shape index (κ2) is 19.7. The van der Waals surface area contributed by atoms with E-state index in [0.717, 1.165) is 12.8 Å². The zero-order valence-electron chi connectivity index (χ0n) is 22.7. The molecule has 0 heterocycles. The molecule has 0 bridgehead atoms. The number of hydrogen-bond donors (Lipinski definition) is 1. The fourth-order valence-electron chi connectivity index (χ4n) is 4.28. The molecule has 0 saturated heterocycles. The Morgan fingerprint density at radius 2 is 1.14 bits per heavy atom. The summed E-state index contributed by atoms with van der Waals surface area (Å²) < 4.78 is 33.8. The smallest absolute Gasteiger partial charge is 0.301 e. The van der Waals surface area contributed by atoms with Crippen molar-refractivity contribution in [2.24, 2.45) is 9.74 Å².